The van der Waals surface area contributed by atoms with Gasteiger partial charge in [-0.05, 0) is 36.5 Å². The zero-order chi connectivity index (χ0) is 14.2. The van der Waals surface area contributed by atoms with E-state index in [4.69, 9.17) is 5.26 Å². The first kappa shape index (κ1) is 13.3. The van der Waals surface area contributed by atoms with Gasteiger partial charge in [0.25, 0.3) is 0 Å². The van der Waals surface area contributed by atoms with Crippen molar-refractivity contribution in [1.29, 1.82) is 5.26 Å². The lowest BCUT2D eigenvalue weighted by atomic mass is 9.57. The molecule has 0 aliphatic heterocycles. The molecule has 102 valence electrons. The Morgan fingerprint density at radius 3 is 2.90 bits per heavy atom. The van der Waals surface area contributed by atoms with Gasteiger partial charge in [-0.3, -0.25) is 0 Å². The first-order valence-electron chi connectivity index (χ1n) is 6.63. The summed E-state index contributed by atoms with van der Waals surface area (Å²) < 4.78 is 3.06. The third kappa shape index (κ3) is 2.04. The monoisotopic (exact) mass is 330 g/mol. The van der Waals surface area contributed by atoms with Gasteiger partial charge in [-0.15, -0.1) is 10.2 Å². The van der Waals surface area contributed by atoms with E-state index in [9.17, 15) is 0 Å². The van der Waals surface area contributed by atoms with E-state index in [0.717, 1.165) is 23.1 Å². The van der Waals surface area contributed by atoms with E-state index in [-0.39, 0.29) is 5.41 Å². The Hall–Kier alpha value is -1.67. The maximum Gasteiger partial charge on any atom is 0.143 e. The van der Waals surface area contributed by atoms with Gasteiger partial charge >= 0.3 is 0 Å². The molecule has 0 bridgehead atoms. The summed E-state index contributed by atoms with van der Waals surface area (Å²) in [5.74, 6) is 1.44. The molecule has 0 saturated heterocycles. The Morgan fingerprint density at radius 2 is 2.30 bits per heavy atom. The zero-order valence-electron chi connectivity index (χ0n) is 11.3. The second-order valence-electron chi connectivity index (χ2n) is 5.49. The Labute approximate surface area is 126 Å². The number of aryl methyl sites for hydroxylation is 1. The molecule has 1 fully saturated rings. The second kappa shape index (κ2) is 5.02. The van der Waals surface area contributed by atoms with E-state index in [0.29, 0.717) is 12.3 Å². The number of hydrogen-bond donors (Lipinski definition) is 0. The number of halogens is 1. The number of rotatable bonds is 3. The van der Waals surface area contributed by atoms with Crippen molar-refractivity contribution in [2.75, 3.05) is 0 Å². The van der Waals surface area contributed by atoms with E-state index in [2.05, 4.69) is 50.4 Å². The highest BCUT2D eigenvalue weighted by Gasteiger charge is 2.49. The fourth-order valence-corrected chi connectivity index (χ4v) is 3.65. The highest BCUT2D eigenvalue weighted by Crippen LogP contribution is 2.52. The van der Waals surface area contributed by atoms with Gasteiger partial charge in [-0.25, -0.2) is 0 Å². The molecule has 5 heteroatoms. The lowest BCUT2D eigenvalue weighted by Crippen LogP contribution is -2.44. The molecular formula is C15H15BrN4. The van der Waals surface area contributed by atoms with E-state index >= 15 is 0 Å². The van der Waals surface area contributed by atoms with Crippen LogP contribution in [0, 0.1) is 17.2 Å². The summed E-state index contributed by atoms with van der Waals surface area (Å²) in [5.41, 5.74) is 1.15. The molecule has 0 atom stereocenters. The van der Waals surface area contributed by atoms with Crippen LogP contribution in [-0.2, 0) is 12.5 Å². The van der Waals surface area contributed by atoms with Crippen LogP contribution < -0.4 is 0 Å². The summed E-state index contributed by atoms with van der Waals surface area (Å²) in [5, 5.41) is 17.2. The molecule has 4 nitrogen and oxygen atoms in total. The van der Waals surface area contributed by atoms with E-state index in [1.165, 1.54) is 5.56 Å². The molecule has 3 rings (SSSR count). The van der Waals surface area contributed by atoms with Crippen molar-refractivity contribution in [3.8, 4) is 6.07 Å². The third-order valence-corrected chi connectivity index (χ3v) is 4.66. The van der Waals surface area contributed by atoms with E-state index in [1.54, 1.807) is 6.33 Å². The minimum atomic E-state index is -0.101. The zero-order valence-corrected chi connectivity index (χ0v) is 12.8. The van der Waals surface area contributed by atoms with Crippen molar-refractivity contribution in [3.63, 3.8) is 0 Å². The molecule has 1 aliphatic rings. The molecule has 0 radical (unpaired) electrons. The fraction of sp³-hybridized carbons (Fsp3) is 0.400. The van der Waals surface area contributed by atoms with Crippen LogP contribution in [-0.4, -0.2) is 14.8 Å². The quantitative estimate of drug-likeness (QED) is 0.868. The Kier molecular flexibility index (Phi) is 3.35. The van der Waals surface area contributed by atoms with Gasteiger partial charge < -0.3 is 4.57 Å². The minimum absolute atomic E-state index is 0.101. The normalized spacial score (nSPS) is 24.9. The van der Waals surface area contributed by atoms with Crippen LogP contribution >= 0.6 is 15.9 Å². The van der Waals surface area contributed by atoms with Crippen LogP contribution in [0.4, 0.5) is 0 Å². The Bertz CT molecular complexity index is 665. The number of nitriles is 1. The van der Waals surface area contributed by atoms with Crippen molar-refractivity contribution in [3.05, 3.63) is 46.5 Å². The van der Waals surface area contributed by atoms with Gasteiger partial charge in [0.05, 0.1) is 11.5 Å². The predicted molar refractivity (Wildman–Crippen MR) is 78.9 cm³/mol. The van der Waals surface area contributed by atoms with Crippen LogP contribution in [0.25, 0.3) is 0 Å². The lowest BCUT2D eigenvalue weighted by Gasteiger charge is -2.46. The molecule has 2 aromatic rings. The van der Waals surface area contributed by atoms with Crippen LogP contribution in [0.1, 0.15) is 30.7 Å². The third-order valence-electron chi connectivity index (χ3n) is 4.17. The van der Waals surface area contributed by atoms with Crippen molar-refractivity contribution in [2.24, 2.45) is 13.0 Å². The number of nitrogens with zero attached hydrogens (tertiary/aromatic N) is 4. The molecule has 0 N–H and O–H groups in total. The molecule has 1 aliphatic carbocycles. The van der Waals surface area contributed by atoms with Crippen molar-refractivity contribution >= 4 is 15.9 Å². The van der Waals surface area contributed by atoms with Gasteiger partial charge in [-0.2, -0.15) is 5.26 Å². The number of aromatic nitrogens is 3. The number of benzene rings is 1. The Balaban J connectivity index is 2.03. The highest BCUT2D eigenvalue weighted by atomic mass is 79.9. The van der Waals surface area contributed by atoms with Gasteiger partial charge in [-0.1, -0.05) is 28.1 Å². The van der Waals surface area contributed by atoms with Crippen LogP contribution in [0.15, 0.2) is 35.1 Å². The fourth-order valence-electron chi connectivity index (χ4n) is 3.25. The standard InChI is InChI=1S/C15H15BrN4/c1-20-10-18-19-14(20)15(8-11(9-15)5-6-17)12-3-2-4-13(16)7-12/h2-4,7,10-11H,5,8-9H2,1H3/t11-,15-. The van der Waals surface area contributed by atoms with Crippen LogP contribution in [0.3, 0.4) is 0 Å². The largest absolute Gasteiger partial charge is 0.320 e. The molecule has 20 heavy (non-hydrogen) atoms. The molecule has 0 spiro atoms. The lowest BCUT2D eigenvalue weighted by molar-refractivity contribution is 0.172. The first-order valence-corrected chi connectivity index (χ1v) is 7.42. The first-order chi connectivity index (χ1) is 9.65. The predicted octanol–water partition coefficient (Wildman–Crippen LogP) is 3.19. The molecule has 1 aromatic carbocycles. The molecule has 1 heterocycles. The molecule has 0 unspecified atom stereocenters. The second-order valence-corrected chi connectivity index (χ2v) is 6.41. The van der Waals surface area contributed by atoms with Gasteiger partial charge in [0.2, 0.25) is 0 Å². The summed E-state index contributed by atoms with van der Waals surface area (Å²) in [6.07, 6.45) is 4.29. The summed E-state index contributed by atoms with van der Waals surface area (Å²) in [6.45, 7) is 0. The topological polar surface area (TPSA) is 54.5 Å². The molecular weight excluding hydrogens is 316 g/mol. The summed E-state index contributed by atoms with van der Waals surface area (Å²) >= 11 is 3.54. The van der Waals surface area contributed by atoms with Crippen LogP contribution in [0.2, 0.25) is 0 Å². The minimum Gasteiger partial charge on any atom is -0.320 e. The van der Waals surface area contributed by atoms with Crippen LogP contribution in [0.5, 0.6) is 0 Å². The summed E-state index contributed by atoms with van der Waals surface area (Å²) in [7, 11) is 1.98. The smallest absolute Gasteiger partial charge is 0.143 e. The SMILES string of the molecule is Cn1cnnc1[C@]1(c2cccc(Br)c2)C[C@@H](CC#N)C1. The molecule has 1 saturated carbocycles. The van der Waals surface area contributed by atoms with Gasteiger partial charge in [0.1, 0.15) is 12.2 Å². The Morgan fingerprint density at radius 1 is 1.50 bits per heavy atom. The highest BCUT2D eigenvalue weighted by molar-refractivity contribution is 9.10. The maximum atomic E-state index is 8.88. The van der Waals surface area contributed by atoms with Gasteiger partial charge in [0, 0.05) is 17.9 Å². The summed E-state index contributed by atoms with van der Waals surface area (Å²) in [4.78, 5) is 0. The van der Waals surface area contributed by atoms with Crippen molar-refractivity contribution < 1.29 is 0 Å². The number of hydrogen-bond acceptors (Lipinski definition) is 3. The molecule has 0 amide bonds. The average Bonchev–Trinajstić information content (AvgIpc) is 2.80. The average molecular weight is 331 g/mol. The molecule has 1 aromatic heterocycles. The maximum absolute atomic E-state index is 8.88. The van der Waals surface area contributed by atoms with Crippen molar-refractivity contribution in [1.82, 2.24) is 14.8 Å². The van der Waals surface area contributed by atoms with Crippen molar-refractivity contribution in [2.45, 2.75) is 24.7 Å². The van der Waals surface area contributed by atoms with E-state index < -0.39 is 0 Å². The summed E-state index contributed by atoms with van der Waals surface area (Å²) in [6, 6.07) is 10.6. The van der Waals surface area contributed by atoms with E-state index in [1.807, 2.05) is 17.7 Å². The van der Waals surface area contributed by atoms with Gasteiger partial charge in [0.15, 0.2) is 0 Å².